The third-order valence-corrected chi connectivity index (χ3v) is 3.74. The largest absolute Gasteiger partial charge is 0.250 e. The Hall–Kier alpha value is -1.81. The fourth-order valence-corrected chi connectivity index (χ4v) is 2.64. The van der Waals surface area contributed by atoms with E-state index in [1.165, 1.54) is 5.56 Å². The summed E-state index contributed by atoms with van der Waals surface area (Å²) in [4.78, 5) is 9.37. The van der Waals surface area contributed by atoms with Crippen LogP contribution in [0.15, 0.2) is 46.8 Å². The van der Waals surface area contributed by atoms with Gasteiger partial charge < -0.3 is 0 Å². The first kappa shape index (κ1) is 10.4. The van der Waals surface area contributed by atoms with Gasteiger partial charge >= 0.3 is 0 Å². The number of nitrogens with zero attached hydrogens (tertiary/aromatic N) is 2. The number of fused-ring (bicyclic) bond motifs is 1. The highest BCUT2D eigenvalue weighted by atomic mass is 32.2. The standard InChI is InChI=1S/C13H10N2OS/c16-17-7-6-11-12(17)9-14-13(15-11)8-10-4-2-1-3-5-10/h1-7,9H,8H2. The zero-order chi connectivity index (χ0) is 11.7. The minimum Gasteiger partial charge on any atom is -0.250 e. The molecule has 1 unspecified atom stereocenters. The second kappa shape index (κ2) is 4.22. The highest BCUT2D eigenvalue weighted by molar-refractivity contribution is 7.88. The lowest BCUT2D eigenvalue weighted by atomic mass is 10.1. The second-order valence-electron chi connectivity index (χ2n) is 3.80. The van der Waals surface area contributed by atoms with Gasteiger partial charge in [0.15, 0.2) is 0 Å². The normalized spacial score (nSPS) is 17.1. The molecule has 0 aliphatic carbocycles. The molecule has 0 N–H and O–H groups in total. The average Bonchev–Trinajstić information content (AvgIpc) is 2.72. The Morgan fingerprint density at radius 1 is 1.18 bits per heavy atom. The fourth-order valence-electron chi connectivity index (χ4n) is 1.76. The molecule has 2 heterocycles. The maximum Gasteiger partial charge on any atom is 0.133 e. The first-order valence-electron chi connectivity index (χ1n) is 5.31. The summed E-state index contributed by atoms with van der Waals surface area (Å²) in [6, 6.07) is 10.1. The quantitative estimate of drug-likeness (QED) is 0.810. The summed E-state index contributed by atoms with van der Waals surface area (Å²) < 4.78 is 11.5. The maximum atomic E-state index is 11.5. The molecule has 0 fully saturated rings. The predicted octanol–water partition coefficient (Wildman–Crippen LogP) is 2.16. The zero-order valence-electron chi connectivity index (χ0n) is 9.04. The van der Waals surface area contributed by atoms with Gasteiger partial charge in [0.2, 0.25) is 0 Å². The van der Waals surface area contributed by atoms with E-state index in [9.17, 15) is 4.21 Å². The smallest absolute Gasteiger partial charge is 0.133 e. The van der Waals surface area contributed by atoms with E-state index in [0.29, 0.717) is 11.3 Å². The summed E-state index contributed by atoms with van der Waals surface area (Å²) in [6.45, 7) is 0. The maximum absolute atomic E-state index is 11.5. The Bertz CT molecular complexity index is 608. The second-order valence-corrected chi connectivity index (χ2v) is 5.11. The molecule has 1 aromatic carbocycles. The van der Waals surface area contributed by atoms with Crippen LogP contribution in [-0.4, -0.2) is 14.2 Å². The van der Waals surface area contributed by atoms with Crippen LogP contribution >= 0.6 is 0 Å². The van der Waals surface area contributed by atoms with Gasteiger partial charge in [-0.25, -0.2) is 14.2 Å². The monoisotopic (exact) mass is 242 g/mol. The van der Waals surface area contributed by atoms with Gasteiger partial charge in [-0.2, -0.15) is 0 Å². The molecule has 1 aromatic heterocycles. The van der Waals surface area contributed by atoms with Crippen molar-refractivity contribution in [3.63, 3.8) is 0 Å². The third kappa shape index (κ3) is 2.03. The molecule has 4 heteroatoms. The van der Waals surface area contributed by atoms with Crippen molar-refractivity contribution in [2.24, 2.45) is 0 Å². The Labute approximate surface area is 102 Å². The van der Waals surface area contributed by atoms with E-state index in [2.05, 4.69) is 9.97 Å². The van der Waals surface area contributed by atoms with Crippen molar-refractivity contribution in [2.75, 3.05) is 0 Å². The number of rotatable bonds is 2. The first-order valence-corrected chi connectivity index (χ1v) is 6.53. The van der Waals surface area contributed by atoms with E-state index in [-0.39, 0.29) is 0 Å². The highest BCUT2D eigenvalue weighted by Crippen LogP contribution is 2.21. The Morgan fingerprint density at radius 2 is 2.00 bits per heavy atom. The van der Waals surface area contributed by atoms with Crippen LogP contribution in [0.3, 0.4) is 0 Å². The molecule has 84 valence electrons. The zero-order valence-corrected chi connectivity index (χ0v) is 9.85. The van der Waals surface area contributed by atoms with Gasteiger partial charge in [-0.05, 0) is 11.6 Å². The highest BCUT2D eigenvalue weighted by Gasteiger charge is 2.14. The molecule has 0 amide bonds. The van der Waals surface area contributed by atoms with E-state index in [1.54, 1.807) is 17.7 Å². The van der Waals surface area contributed by atoms with Crippen LogP contribution in [0.4, 0.5) is 0 Å². The minimum absolute atomic E-state index is 0.703. The summed E-state index contributed by atoms with van der Waals surface area (Å²) in [5.74, 6) is 0.763. The van der Waals surface area contributed by atoms with Gasteiger partial charge in [-0.3, -0.25) is 0 Å². The molecule has 2 aromatic rings. The van der Waals surface area contributed by atoms with Crippen LogP contribution < -0.4 is 0 Å². The molecule has 1 aliphatic rings. The molecule has 0 radical (unpaired) electrons. The molecule has 0 spiro atoms. The number of aromatic nitrogens is 2. The van der Waals surface area contributed by atoms with Crippen molar-refractivity contribution in [1.29, 1.82) is 0 Å². The van der Waals surface area contributed by atoms with Crippen LogP contribution in [0.5, 0.6) is 0 Å². The lowest BCUT2D eigenvalue weighted by Crippen LogP contribution is -2.00. The average molecular weight is 242 g/mol. The third-order valence-electron chi connectivity index (χ3n) is 2.60. The lowest BCUT2D eigenvalue weighted by molar-refractivity contribution is 0.688. The summed E-state index contributed by atoms with van der Waals surface area (Å²) in [5.41, 5.74) is 1.96. The van der Waals surface area contributed by atoms with E-state index < -0.39 is 10.8 Å². The van der Waals surface area contributed by atoms with Crippen molar-refractivity contribution in [1.82, 2.24) is 9.97 Å². The van der Waals surface area contributed by atoms with Gasteiger partial charge in [0.25, 0.3) is 0 Å². The lowest BCUT2D eigenvalue weighted by Gasteiger charge is -2.02. The molecule has 17 heavy (non-hydrogen) atoms. The van der Waals surface area contributed by atoms with Gasteiger partial charge in [0, 0.05) is 18.0 Å². The van der Waals surface area contributed by atoms with Crippen molar-refractivity contribution < 1.29 is 4.21 Å². The molecule has 1 aliphatic heterocycles. The molecule has 0 saturated heterocycles. The summed E-state index contributed by atoms with van der Waals surface area (Å²) in [5, 5.41) is 1.64. The van der Waals surface area contributed by atoms with Gasteiger partial charge in [-0.15, -0.1) is 0 Å². The van der Waals surface area contributed by atoms with Crippen molar-refractivity contribution in [2.45, 2.75) is 11.3 Å². The SMILES string of the molecule is O=S1C=Cc2nc(Cc3ccccc3)ncc21. The molecule has 3 rings (SSSR count). The summed E-state index contributed by atoms with van der Waals surface area (Å²) >= 11 is 0. The molecule has 1 atom stereocenters. The minimum atomic E-state index is -1.06. The molecular weight excluding hydrogens is 232 g/mol. The molecule has 0 bridgehead atoms. The Morgan fingerprint density at radius 3 is 2.82 bits per heavy atom. The Balaban J connectivity index is 1.91. The van der Waals surface area contributed by atoms with Crippen molar-refractivity contribution in [3.8, 4) is 0 Å². The van der Waals surface area contributed by atoms with E-state index in [0.717, 1.165) is 11.5 Å². The first-order chi connectivity index (χ1) is 8.33. The van der Waals surface area contributed by atoms with Gasteiger partial charge in [-0.1, -0.05) is 30.3 Å². The number of hydrogen-bond acceptors (Lipinski definition) is 3. The predicted molar refractivity (Wildman–Crippen MR) is 66.7 cm³/mol. The van der Waals surface area contributed by atoms with Gasteiger partial charge in [0.1, 0.15) is 5.82 Å². The van der Waals surface area contributed by atoms with Crippen LogP contribution in [0.25, 0.3) is 6.08 Å². The van der Waals surface area contributed by atoms with Gasteiger partial charge in [0.05, 0.1) is 21.4 Å². The van der Waals surface area contributed by atoms with Crippen LogP contribution in [0.2, 0.25) is 0 Å². The van der Waals surface area contributed by atoms with E-state index in [1.807, 2.05) is 30.3 Å². The number of benzene rings is 1. The molecule has 3 nitrogen and oxygen atoms in total. The topological polar surface area (TPSA) is 42.9 Å². The fraction of sp³-hybridized carbons (Fsp3) is 0.0769. The van der Waals surface area contributed by atoms with Crippen LogP contribution in [0.1, 0.15) is 17.1 Å². The molecule has 0 saturated carbocycles. The van der Waals surface area contributed by atoms with E-state index in [4.69, 9.17) is 0 Å². The van der Waals surface area contributed by atoms with Crippen LogP contribution in [0, 0.1) is 0 Å². The van der Waals surface area contributed by atoms with Crippen molar-refractivity contribution >= 4 is 16.9 Å². The summed E-state index contributed by atoms with van der Waals surface area (Å²) in [6.07, 6.45) is 4.16. The molecular formula is C13H10N2OS. The summed E-state index contributed by atoms with van der Waals surface area (Å²) in [7, 11) is -1.06. The van der Waals surface area contributed by atoms with E-state index >= 15 is 0 Å². The van der Waals surface area contributed by atoms with Crippen molar-refractivity contribution in [3.05, 3.63) is 59.0 Å². The number of hydrogen-bond donors (Lipinski definition) is 0. The Kier molecular flexibility index (Phi) is 2.57. The van der Waals surface area contributed by atoms with Crippen LogP contribution in [-0.2, 0) is 17.2 Å².